The molecule has 3 aromatic rings. The van der Waals surface area contributed by atoms with Crippen molar-refractivity contribution >= 4 is 44.5 Å². The predicted molar refractivity (Wildman–Crippen MR) is 134 cm³/mol. The Morgan fingerprint density at radius 3 is 2.50 bits per heavy atom. The topological polar surface area (TPSA) is 148 Å². The molecule has 0 bridgehead atoms. The fourth-order valence-corrected chi connectivity index (χ4v) is 4.39. The average molecular weight is 527 g/mol. The number of anilines is 1. The Balaban J connectivity index is 1.81. The van der Waals surface area contributed by atoms with E-state index < -0.39 is 21.7 Å². The van der Waals surface area contributed by atoms with Gasteiger partial charge in [0.2, 0.25) is 15.0 Å². The molecule has 186 valence electrons. The van der Waals surface area contributed by atoms with Crippen molar-refractivity contribution < 1.29 is 27.5 Å². The summed E-state index contributed by atoms with van der Waals surface area (Å²) in [7, 11) is -3.62. The number of carbonyl (C=O) groups excluding carboxylic acids is 2. The summed E-state index contributed by atoms with van der Waals surface area (Å²) >= 11 is 0.693. The molecule has 1 heterocycles. The van der Waals surface area contributed by atoms with Gasteiger partial charge in [0, 0.05) is 11.5 Å². The first-order chi connectivity index (χ1) is 17.2. The summed E-state index contributed by atoms with van der Waals surface area (Å²) in [6.45, 7) is 5.41. The second kappa shape index (κ2) is 11.6. The van der Waals surface area contributed by atoms with Crippen LogP contribution in [0.5, 0.6) is 11.5 Å². The fourth-order valence-electron chi connectivity index (χ4n) is 2.81. The van der Waals surface area contributed by atoms with Crippen LogP contribution < -0.4 is 14.8 Å². The summed E-state index contributed by atoms with van der Waals surface area (Å²) in [5.41, 5.74) is 1.55. The lowest BCUT2D eigenvalue weighted by Gasteiger charge is -2.12. The SMILES string of the molecule is CCOc1cc(/C=C(/C#N)C(=O)Nc2nc(S(=O)(=O)CC)ns2)ccc1OC(=O)c1ccc(C)cc1. The Morgan fingerprint density at radius 1 is 1.14 bits per heavy atom. The molecule has 0 spiro atoms. The van der Waals surface area contributed by atoms with Crippen molar-refractivity contribution in [1.29, 1.82) is 5.26 Å². The number of esters is 1. The molecule has 12 heteroatoms. The number of ether oxygens (including phenoxy) is 2. The van der Waals surface area contributed by atoms with Gasteiger partial charge in [-0.15, -0.1) is 0 Å². The lowest BCUT2D eigenvalue weighted by molar-refractivity contribution is -0.112. The van der Waals surface area contributed by atoms with Crippen molar-refractivity contribution in [3.8, 4) is 17.6 Å². The van der Waals surface area contributed by atoms with Crippen molar-refractivity contribution in [2.45, 2.75) is 25.9 Å². The number of sulfone groups is 1. The molecular formula is C24H22N4O6S2. The number of hydrogen-bond donors (Lipinski definition) is 1. The molecule has 3 rings (SSSR count). The Bertz CT molecular complexity index is 1450. The summed E-state index contributed by atoms with van der Waals surface area (Å²) in [6, 6.07) is 13.3. The molecule has 0 atom stereocenters. The van der Waals surface area contributed by atoms with Crippen LogP contribution in [-0.2, 0) is 14.6 Å². The number of benzene rings is 2. The van der Waals surface area contributed by atoms with E-state index in [0.717, 1.165) is 5.56 Å². The van der Waals surface area contributed by atoms with E-state index in [1.807, 2.05) is 6.92 Å². The van der Waals surface area contributed by atoms with Crippen LogP contribution in [0.2, 0.25) is 0 Å². The predicted octanol–water partition coefficient (Wildman–Crippen LogP) is 3.80. The number of aromatic nitrogens is 2. The molecule has 1 N–H and O–H groups in total. The van der Waals surface area contributed by atoms with Crippen LogP contribution in [-0.4, -0.2) is 42.0 Å². The monoisotopic (exact) mass is 526 g/mol. The standard InChI is InChI=1S/C24H22N4O6S2/c1-4-33-20-13-16(8-11-19(20)34-22(30)17-9-6-15(3)7-10-17)12-18(14-25)21(29)26-23-27-24(28-35-23)36(31,32)5-2/h6-13H,4-5H2,1-3H3,(H,26,27,28,29)/b18-12-. The maximum absolute atomic E-state index is 12.6. The van der Waals surface area contributed by atoms with Gasteiger partial charge in [-0.25, -0.2) is 13.2 Å². The molecule has 10 nitrogen and oxygen atoms in total. The van der Waals surface area contributed by atoms with Gasteiger partial charge in [-0.05, 0) is 49.8 Å². The zero-order valence-electron chi connectivity index (χ0n) is 19.6. The summed E-state index contributed by atoms with van der Waals surface area (Å²) < 4.78 is 38.5. The van der Waals surface area contributed by atoms with Gasteiger partial charge in [0.15, 0.2) is 11.5 Å². The maximum atomic E-state index is 12.6. The normalized spacial score (nSPS) is 11.4. The molecule has 0 saturated carbocycles. The molecule has 0 radical (unpaired) electrons. The van der Waals surface area contributed by atoms with Crippen LogP contribution >= 0.6 is 11.5 Å². The highest BCUT2D eigenvalue weighted by atomic mass is 32.2. The number of aryl methyl sites for hydroxylation is 1. The number of nitrogens with zero attached hydrogens (tertiary/aromatic N) is 3. The van der Waals surface area contributed by atoms with Crippen molar-refractivity contribution in [2.75, 3.05) is 17.7 Å². The summed E-state index contributed by atoms with van der Waals surface area (Å²) in [4.78, 5) is 28.9. The molecule has 0 unspecified atom stereocenters. The highest BCUT2D eigenvalue weighted by Crippen LogP contribution is 2.30. The zero-order chi connectivity index (χ0) is 26.3. The van der Waals surface area contributed by atoms with Gasteiger partial charge in [0.25, 0.3) is 11.1 Å². The number of amides is 1. The van der Waals surface area contributed by atoms with Crippen LogP contribution in [0.3, 0.4) is 0 Å². The molecule has 0 aliphatic carbocycles. The molecule has 1 aromatic heterocycles. The van der Waals surface area contributed by atoms with Gasteiger partial charge >= 0.3 is 5.97 Å². The lowest BCUT2D eigenvalue weighted by atomic mass is 10.1. The minimum atomic E-state index is -3.62. The number of carbonyl (C=O) groups is 2. The molecule has 0 aliphatic heterocycles. The molecule has 1 amide bonds. The van der Waals surface area contributed by atoms with E-state index in [1.54, 1.807) is 43.3 Å². The van der Waals surface area contributed by atoms with Crippen molar-refractivity contribution in [3.05, 3.63) is 64.7 Å². The Morgan fingerprint density at radius 2 is 1.86 bits per heavy atom. The van der Waals surface area contributed by atoms with E-state index >= 15 is 0 Å². The van der Waals surface area contributed by atoms with Gasteiger partial charge in [-0.1, -0.05) is 30.7 Å². The summed E-state index contributed by atoms with van der Waals surface area (Å²) in [6.07, 6.45) is 1.31. The number of nitrogens with one attached hydrogen (secondary N) is 1. The molecular weight excluding hydrogens is 504 g/mol. The van der Waals surface area contributed by atoms with Gasteiger partial charge in [-0.3, -0.25) is 10.1 Å². The van der Waals surface area contributed by atoms with Crippen molar-refractivity contribution in [2.24, 2.45) is 0 Å². The Hall–Kier alpha value is -4.08. The zero-order valence-corrected chi connectivity index (χ0v) is 21.3. The van der Waals surface area contributed by atoms with Gasteiger partial charge in [0.1, 0.15) is 11.6 Å². The second-order valence-electron chi connectivity index (χ2n) is 7.30. The van der Waals surface area contributed by atoms with Crippen LogP contribution in [0.15, 0.2) is 53.2 Å². The summed E-state index contributed by atoms with van der Waals surface area (Å²) in [5.74, 6) is -1.09. The van der Waals surface area contributed by atoms with Gasteiger partial charge in [-0.2, -0.15) is 14.6 Å². The summed E-state index contributed by atoms with van der Waals surface area (Å²) in [5, 5.41) is 11.4. The van der Waals surface area contributed by atoms with E-state index in [1.165, 1.54) is 25.1 Å². The van der Waals surface area contributed by atoms with E-state index in [9.17, 15) is 23.3 Å². The first-order valence-electron chi connectivity index (χ1n) is 10.7. The van der Waals surface area contributed by atoms with Crippen LogP contribution in [0.1, 0.15) is 35.3 Å². The quantitative estimate of drug-likeness (QED) is 0.190. The van der Waals surface area contributed by atoms with E-state index in [2.05, 4.69) is 14.7 Å². The minimum Gasteiger partial charge on any atom is -0.490 e. The van der Waals surface area contributed by atoms with Crippen LogP contribution in [0.25, 0.3) is 6.08 Å². The molecule has 0 aliphatic rings. The molecule has 0 saturated heterocycles. The second-order valence-corrected chi connectivity index (χ2v) is 10.2. The minimum absolute atomic E-state index is 0.0541. The van der Waals surface area contributed by atoms with Crippen molar-refractivity contribution in [1.82, 2.24) is 9.36 Å². The Kier molecular flexibility index (Phi) is 8.52. The fraction of sp³-hybridized carbons (Fsp3) is 0.208. The smallest absolute Gasteiger partial charge is 0.343 e. The highest BCUT2D eigenvalue weighted by molar-refractivity contribution is 7.91. The van der Waals surface area contributed by atoms with Crippen LogP contribution in [0, 0.1) is 18.3 Å². The first kappa shape index (κ1) is 26.5. The third-order valence-electron chi connectivity index (χ3n) is 4.72. The maximum Gasteiger partial charge on any atom is 0.343 e. The van der Waals surface area contributed by atoms with E-state index in [0.29, 0.717) is 22.7 Å². The third-order valence-corrected chi connectivity index (χ3v) is 6.96. The van der Waals surface area contributed by atoms with Gasteiger partial charge in [0.05, 0.1) is 17.9 Å². The van der Waals surface area contributed by atoms with Gasteiger partial charge < -0.3 is 9.47 Å². The van der Waals surface area contributed by atoms with E-state index in [4.69, 9.17) is 9.47 Å². The molecule has 0 fully saturated rings. The van der Waals surface area contributed by atoms with Crippen molar-refractivity contribution in [3.63, 3.8) is 0 Å². The first-order valence-corrected chi connectivity index (χ1v) is 13.1. The third kappa shape index (κ3) is 6.53. The largest absolute Gasteiger partial charge is 0.490 e. The number of rotatable bonds is 9. The lowest BCUT2D eigenvalue weighted by Crippen LogP contribution is -2.14. The number of nitriles is 1. The van der Waals surface area contributed by atoms with E-state index in [-0.39, 0.29) is 39.7 Å². The number of hydrogen-bond acceptors (Lipinski definition) is 10. The van der Waals surface area contributed by atoms with Crippen LogP contribution in [0.4, 0.5) is 5.13 Å². The average Bonchev–Trinajstić information content (AvgIpc) is 3.33. The Labute approximate surface area is 212 Å². The molecule has 36 heavy (non-hydrogen) atoms. The highest BCUT2D eigenvalue weighted by Gasteiger charge is 2.20. The molecule has 2 aromatic carbocycles.